The Balaban J connectivity index is 2.32. The smallest absolute Gasteiger partial charge is 0.181 e. The lowest BCUT2D eigenvalue weighted by molar-refractivity contribution is 0.707. The molecule has 0 radical (unpaired) electrons. The number of aromatic nitrogens is 4. The van der Waals surface area contributed by atoms with Gasteiger partial charge < -0.3 is 10.6 Å². The van der Waals surface area contributed by atoms with Crippen molar-refractivity contribution in [2.24, 2.45) is 0 Å². The number of nitrogen functional groups attached to an aromatic ring is 1. The fraction of sp³-hybridized carbons (Fsp3) is 0.300. The maximum atomic E-state index is 5.95. The van der Waals surface area contributed by atoms with Gasteiger partial charge in [-0.15, -0.1) is 5.10 Å². The van der Waals surface area contributed by atoms with Crippen LogP contribution in [-0.4, -0.2) is 26.8 Å². The van der Waals surface area contributed by atoms with Gasteiger partial charge in [0.1, 0.15) is 11.5 Å². The quantitative estimate of drug-likeness (QED) is 0.694. The highest BCUT2D eigenvalue weighted by Crippen LogP contribution is 2.32. The van der Waals surface area contributed by atoms with E-state index in [9.17, 15) is 0 Å². The highest BCUT2D eigenvalue weighted by Gasteiger charge is 2.24. The lowest BCUT2D eigenvalue weighted by Gasteiger charge is -2.27. The summed E-state index contributed by atoms with van der Waals surface area (Å²) in [5.41, 5.74) is 7.58. The summed E-state index contributed by atoms with van der Waals surface area (Å²) in [4.78, 5) is 10.7. The molecule has 82 valence electrons. The van der Waals surface area contributed by atoms with Gasteiger partial charge in [-0.2, -0.15) is 4.68 Å². The fourth-order valence-corrected chi connectivity index (χ4v) is 2.03. The van der Waals surface area contributed by atoms with Crippen molar-refractivity contribution in [3.05, 3.63) is 23.9 Å². The van der Waals surface area contributed by atoms with Crippen molar-refractivity contribution in [3.63, 3.8) is 0 Å². The number of nitrogens with zero attached hydrogens (tertiary/aromatic N) is 5. The highest BCUT2D eigenvalue weighted by molar-refractivity contribution is 5.75. The summed E-state index contributed by atoms with van der Waals surface area (Å²) in [6, 6.07) is 1.80. The fourth-order valence-electron chi connectivity index (χ4n) is 2.03. The van der Waals surface area contributed by atoms with Crippen LogP contribution in [0, 0.1) is 6.92 Å². The van der Waals surface area contributed by atoms with Crippen molar-refractivity contribution >= 4 is 11.4 Å². The molecule has 0 aromatic carbocycles. The molecular weight excluding hydrogens is 204 g/mol. The van der Waals surface area contributed by atoms with Gasteiger partial charge in [-0.1, -0.05) is 0 Å². The van der Waals surface area contributed by atoms with Crippen molar-refractivity contribution in [3.8, 4) is 5.82 Å². The van der Waals surface area contributed by atoms with Crippen molar-refractivity contribution in [1.82, 2.24) is 19.7 Å². The molecule has 0 bridgehead atoms. The van der Waals surface area contributed by atoms with Crippen LogP contribution < -0.4 is 10.6 Å². The van der Waals surface area contributed by atoms with Crippen LogP contribution in [0.5, 0.6) is 0 Å². The zero-order valence-electron chi connectivity index (χ0n) is 9.18. The van der Waals surface area contributed by atoms with Crippen LogP contribution in [0.4, 0.5) is 11.4 Å². The first kappa shape index (κ1) is 9.14. The minimum absolute atomic E-state index is 0.698. The number of aryl methyl sites for hydroxylation is 1. The Morgan fingerprint density at radius 2 is 2.25 bits per heavy atom. The highest BCUT2D eigenvalue weighted by atomic mass is 15.4. The monoisotopic (exact) mass is 216 g/mol. The van der Waals surface area contributed by atoms with Gasteiger partial charge in [0.05, 0.1) is 12.2 Å². The van der Waals surface area contributed by atoms with E-state index in [2.05, 4.69) is 15.1 Å². The molecule has 0 spiro atoms. The zero-order chi connectivity index (χ0) is 11.3. The summed E-state index contributed by atoms with van der Waals surface area (Å²) in [6.45, 7) is 2.57. The van der Waals surface area contributed by atoms with Gasteiger partial charge in [0, 0.05) is 13.2 Å². The second-order valence-electron chi connectivity index (χ2n) is 3.92. The molecule has 2 aromatic heterocycles. The number of rotatable bonds is 0. The molecule has 0 atom stereocenters. The molecule has 6 nitrogen and oxygen atoms in total. The summed E-state index contributed by atoms with van der Waals surface area (Å²) in [5, 5.41) is 4.33. The molecule has 3 heterocycles. The van der Waals surface area contributed by atoms with E-state index in [1.54, 1.807) is 16.9 Å². The van der Waals surface area contributed by atoms with E-state index in [1.165, 1.54) is 0 Å². The lowest BCUT2D eigenvalue weighted by Crippen LogP contribution is -2.28. The molecule has 0 unspecified atom stereocenters. The van der Waals surface area contributed by atoms with Gasteiger partial charge in [0.25, 0.3) is 0 Å². The third kappa shape index (κ3) is 1.09. The maximum Gasteiger partial charge on any atom is 0.181 e. The van der Waals surface area contributed by atoms with Crippen LogP contribution in [0.1, 0.15) is 11.6 Å². The Hall–Kier alpha value is -2.11. The third-order valence-electron chi connectivity index (χ3n) is 2.68. The van der Waals surface area contributed by atoms with Gasteiger partial charge in [-0.3, -0.25) is 0 Å². The van der Waals surface area contributed by atoms with E-state index in [-0.39, 0.29) is 0 Å². The first-order valence-electron chi connectivity index (χ1n) is 5.05. The van der Waals surface area contributed by atoms with Crippen molar-refractivity contribution in [1.29, 1.82) is 0 Å². The maximum absolute atomic E-state index is 5.95. The molecule has 2 N–H and O–H groups in total. The van der Waals surface area contributed by atoms with Crippen LogP contribution >= 0.6 is 0 Å². The summed E-state index contributed by atoms with van der Waals surface area (Å²) in [5.74, 6) is 2.40. The van der Waals surface area contributed by atoms with E-state index >= 15 is 0 Å². The standard InChI is InChI=1S/C10H12N6/c1-6-13-8-5-15(2)9-7(11)3-4-12-10(9)16(8)14-6/h3-4H,5H2,1-2H3,(H2,11,12). The molecule has 0 fully saturated rings. The molecule has 16 heavy (non-hydrogen) atoms. The van der Waals surface area contributed by atoms with E-state index in [4.69, 9.17) is 5.73 Å². The summed E-state index contributed by atoms with van der Waals surface area (Å²) in [7, 11) is 1.98. The largest absolute Gasteiger partial charge is 0.397 e. The van der Waals surface area contributed by atoms with E-state index in [0.29, 0.717) is 12.2 Å². The Labute approximate surface area is 92.7 Å². The predicted molar refractivity (Wildman–Crippen MR) is 60.4 cm³/mol. The molecule has 0 saturated carbocycles. The molecular formula is C10H12N6. The topological polar surface area (TPSA) is 72.9 Å². The summed E-state index contributed by atoms with van der Waals surface area (Å²) in [6.07, 6.45) is 1.69. The molecule has 0 aliphatic carbocycles. The molecule has 6 heteroatoms. The lowest BCUT2D eigenvalue weighted by atomic mass is 10.2. The minimum atomic E-state index is 0.698. The van der Waals surface area contributed by atoms with Gasteiger partial charge in [-0.05, 0) is 13.0 Å². The van der Waals surface area contributed by atoms with Crippen molar-refractivity contribution in [2.75, 3.05) is 17.7 Å². The Bertz CT molecular complexity index is 558. The average molecular weight is 216 g/mol. The summed E-state index contributed by atoms with van der Waals surface area (Å²) < 4.78 is 1.76. The van der Waals surface area contributed by atoms with E-state index in [1.807, 2.05) is 18.9 Å². The molecule has 3 rings (SSSR count). The minimum Gasteiger partial charge on any atom is -0.397 e. The summed E-state index contributed by atoms with van der Waals surface area (Å²) >= 11 is 0. The average Bonchev–Trinajstić information content (AvgIpc) is 2.58. The first-order chi connectivity index (χ1) is 7.66. The van der Waals surface area contributed by atoms with E-state index < -0.39 is 0 Å². The molecule has 0 amide bonds. The van der Waals surface area contributed by atoms with Crippen molar-refractivity contribution in [2.45, 2.75) is 13.5 Å². The number of hydrogen-bond acceptors (Lipinski definition) is 5. The van der Waals surface area contributed by atoms with Gasteiger partial charge >= 0.3 is 0 Å². The van der Waals surface area contributed by atoms with Gasteiger partial charge in [0.15, 0.2) is 11.6 Å². The number of fused-ring (bicyclic) bond motifs is 3. The SMILES string of the molecule is Cc1nc2n(n1)-c1nccc(N)c1N(C)C2. The molecule has 0 saturated heterocycles. The number of anilines is 2. The zero-order valence-corrected chi connectivity index (χ0v) is 9.18. The number of hydrogen-bond donors (Lipinski definition) is 1. The first-order valence-corrected chi connectivity index (χ1v) is 5.05. The van der Waals surface area contributed by atoms with Crippen LogP contribution in [0.3, 0.4) is 0 Å². The number of pyridine rings is 1. The van der Waals surface area contributed by atoms with E-state index in [0.717, 1.165) is 23.2 Å². The normalized spacial score (nSPS) is 13.5. The number of nitrogens with two attached hydrogens (primary N) is 1. The Morgan fingerprint density at radius 1 is 1.44 bits per heavy atom. The van der Waals surface area contributed by atoms with Gasteiger partial charge in [-0.25, -0.2) is 9.97 Å². The predicted octanol–water partition coefficient (Wildman–Crippen LogP) is 0.503. The molecule has 1 aliphatic heterocycles. The van der Waals surface area contributed by atoms with Crippen LogP contribution in [0.2, 0.25) is 0 Å². The molecule has 2 aromatic rings. The van der Waals surface area contributed by atoms with Crippen molar-refractivity contribution < 1.29 is 0 Å². The van der Waals surface area contributed by atoms with Gasteiger partial charge in [0.2, 0.25) is 0 Å². The van der Waals surface area contributed by atoms with Crippen LogP contribution in [0.25, 0.3) is 5.82 Å². The molecule has 1 aliphatic rings. The van der Waals surface area contributed by atoms with Crippen LogP contribution in [0.15, 0.2) is 12.3 Å². The Morgan fingerprint density at radius 3 is 3.06 bits per heavy atom. The third-order valence-corrected chi connectivity index (χ3v) is 2.68. The second kappa shape index (κ2) is 2.94. The second-order valence-corrected chi connectivity index (χ2v) is 3.92. The Kier molecular flexibility index (Phi) is 1.68. The van der Waals surface area contributed by atoms with Crippen LogP contribution in [-0.2, 0) is 6.54 Å².